The fraction of sp³-hybridized carbons (Fsp3) is 0.267. The van der Waals surface area contributed by atoms with Crippen LogP contribution in [-0.2, 0) is 34.8 Å². The third kappa shape index (κ3) is 5.12. The SMILES string of the molecule is Cn1cncc1CN(C(=O)C1CC1c1ccccc1)c1ccc2c(c1)C(NS(=O)(=O)c1ccc(F)cc1)CC2. The maximum absolute atomic E-state index is 13.9. The molecule has 39 heavy (non-hydrogen) atoms. The van der Waals surface area contributed by atoms with E-state index >= 15 is 0 Å². The highest BCUT2D eigenvalue weighted by molar-refractivity contribution is 7.89. The van der Waals surface area contributed by atoms with Gasteiger partial charge in [0.15, 0.2) is 0 Å². The van der Waals surface area contributed by atoms with Crippen LogP contribution in [0.25, 0.3) is 0 Å². The van der Waals surface area contributed by atoms with Gasteiger partial charge < -0.3 is 9.47 Å². The molecule has 0 bridgehead atoms. The van der Waals surface area contributed by atoms with Crippen molar-refractivity contribution >= 4 is 21.6 Å². The summed E-state index contributed by atoms with van der Waals surface area (Å²) < 4.78 is 44.1. The van der Waals surface area contributed by atoms with Crippen LogP contribution in [0.3, 0.4) is 0 Å². The summed E-state index contributed by atoms with van der Waals surface area (Å²) in [4.78, 5) is 19.9. The number of rotatable bonds is 8. The van der Waals surface area contributed by atoms with E-state index in [9.17, 15) is 17.6 Å². The van der Waals surface area contributed by atoms with Gasteiger partial charge in [-0.25, -0.2) is 22.5 Å². The van der Waals surface area contributed by atoms with Crippen LogP contribution in [-0.4, -0.2) is 23.9 Å². The monoisotopic (exact) mass is 544 g/mol. The summed E-state index contributed by atoms with van der Waals surface area (Å²) in [6, 6.07) is 20.3. The summed E-state index contributed by atoms with van der Waals surface area (Å²) >= 11 is 0. The van der Waals surface area contributed by atoms with Gasteiger partial charge >= 0.3 is 0 Å². The number of halogens is 1. The molecule has 1 heterocycles. The Morgan fingerprint density at radius 3 is 2.59 bits per heavy atom. The van der Waals surface area contributed by atoms with Crippen LogP contribution >= 0.6 is 0 Å². The Bertz CT molecular complexity index is 1620. The molecule has 7 nitrogen and oxygen atoms in total. The molecule has 9 heteroatoms. The topological polar surface area (TPSA) is 84.3 Å². The minimum atomic E-state index is -3.85. The van der Waals surface area contributed by atoms with Gasteiger partial charge in [-0.2, -0.15) is 0 Å². The molecule has 3 aromatic carbocycles. The van der Waals surface area contributed by atoms with E-state index in [1.54, 1.807) is 17.4 Å². The second-order valence-electron chi connectivity index (χ2n) is 10.3. The van der Waals surface area contributed by atoms with Crippen LogP contribution in [0, 0.1) is 11.7 Å². The minimum absolute atomic E-state index is 0.0159. The second-order valence-corrected chi connectivity index (χ2v) is 12.0. The summed E-state index contributed by atoms with van der Waals surface area (Å²) in [7, 11) is -1.95. The average molecular weight is 545 g/mol. The lowest BCUT2D eigenvalue weighted by Gasteiger charge is -2.25. The molecule has 0 aliphatic heterocycles. The van der Waals surface area contributed by atoms with E-state index in [2.05, 4.69) is 21.8 Å². The quantitative estimate of drug-likeness (QED) is 0.343. The van der Waals surface area contributed by atoms with Gasteiger partial charge in [-0.1, -0.05) is 36.4 Å². The fourth-order valence-corrected chi connectivity index (χ4v) is 6.73. The number of anilines is 1. The Labute approximate surface area is 227 Å². The van der Waals surface area contributed by atoms with E-state index < -0.39 is 21.9 Å². The number of hydrogen-bond donors (Lipinski definition) is 1. The summed E-state index contributed by atoms with van der Waals surface area (Å²) in [5.41, 5.74) is 4.70. The predicted molar refractivity (Wildman–Crippen MR) is 146 cm³/mol. The molecule has 3 unspecified atom stereocenters. The summed E-state index contributed by atoms with van der Waals surface area (Å²) in [5.74, 6) is -0.362. The zero-order valence-corrected chi connectivity index (χ0v) is 22.3. The highest BCUT2D eigenvalue weighted by Gasteiger charge is 2.46. The number of fused-ring (bicyclic) bond motifs is 1. The molecule has 3 atom stereocenters. The molecule has 2 aliphatic carbocycles. The first kappa shape index (κ1) is 25.5. The number of nitrogens with zero attached hydrogens (tertiary/aromatic N) is 3. The molecule has 1 amide bonds. The number of imidazole rings is 1. The molecule has 0 radical (unpaired) electrons. The van der Waals surface area contributed by atoms with Gasteiger partial charge in [-0.3, -0.25) is 4.79 Å². The summed E-state index contributed by atoms with van der Waals surface area (Å²) in [5, 5.41) is 0. The number of nitrogens with one attached hydrogen (secondary N) is 1. The molecule has 0 saturated heterocycles. The number of aromatic nitrogens is 2. The molecule has 1 N–H and O–H groups in total. The largest absolute Gasteiger partial charge is 0.336 e. The van der Waals surface area contributed by atoms with Gasteiger partial charge in [0, 0.05) is 30.9 Å². The van der Waals surface area contributed by atoms with E-state index in [0.717, 1.165) is 47.5 Å². The van der Waals surface area contributed by atoms with Crippen molar-refractivity contribution in [3.8, 4) is 0 Å². The standard InChI is InChI=1S/C30H29FN4O3S/c1-34-19-32-17-24(34)18-35(30(36)28-16-26(28)20-5-3-2-4-6-20)23-11-7-21-8-14-29(27(21)15-23)33-39(37,38)25-12-9-22(31)10-13-25/h2-7,9-13,15,17,19,26,28-29,33H,8,14,16,18H2,1H3. The Morgan fingerprint density at radius 1 is 1.10 bits per heavy atom. The number of carbonyl (C=O) groups excluding carboxylic acids is 1. The van der Waals surface area contributed by atoms with E-state index in [0.29, 0.717) is 13.0 Å². The van der Waals surface area contributed by atoms with Crippen LogP contribution in [0.5, 0.6) is 0 Å². The molecule has 1 saturated carbocycles. The predicted octanol–water partition coefficient (Wildman–Crippen LogP) is 4.86. The lowest BCUT2D eigenvalue weighted by molar-refractivity contribution is -0.120. The van der Waals surface area contributed by atoms with Gasteiger partial charge in [0.25, 0.3) is 0 Å². The molecule has 2 aliphatic rings. The van der Waals surface area contributed by atoms with Crippen molar-refractivity contribution in [2.45, 2.75) is 42.7 Å². The molecule has 1 fully saturated rings. The highest BCUT2D eigenvalue weighted by atomic mass is 32.2. The fourth-order valence-electron chi connectivity index (χ4n) is 5.48. The number of carbonyl (C=O) groups is 1. The molecule has 6 rings (SSSR count). The van der Waals surface area contributed by atoms with E-state index in [4.69, 9.17) is 0 Å². The van der Waals surface area contributed by atoms with Crippen LogP contribution in [0.1, 0.15) is 47.2 Å². The number of benzene rings is 3. The first-order valence-corrected chi connectivity index (χ1v) is 14.5. The Hall–Kier alpha value is -3.82. The van der Waals surface area contributed by atoms with Gasteiger partial charge in [0.1, 0.15) is 5.82 Å². The van der Waals surface area contributed by atoms with Crippen molar-refractivity contribution in [3.63, 3.8) is 0 Å². The van der Waals surface area contributed by atoms with Gasteiger partial charge in [0.2, 0.25) is 15.9 Å². The maximum Gasteiger partial charge on any atom is 0.241 e. The van der Waals surface area contributed by atoms with Gasteiger partial charge in [-0.15, -0.1) is 0 Å². The number of amides is 1. The molecule has 0 spiro atoms. The van der Waals surface area contributed by atoms with Crippen molar-refractivity contribution in [1.82, 2.24) is 14.3 Å². The molecule has 4 aromatic rings. The van der Waals surface area contributed by atoms with Crippen LogP contribution in [0.2, 0.25) is 0 Å². The number of hydrogen-bond acceptors (Lipinski definition) is 4. The van der Waals surface area contributed by atoms with Gasteiger partial charge in [0.05, 0.1) is 23.5 Å². The lowest BCUT2D eigenvalue weighted by atomic mass is 10.1. The zero-order chi connectivity index (χ0) is 27.1. The normalized spacial score (nSPS) is 20.0. The first-order chi connectivity index (χ1) is 18.8. The van der Waals surface area contributed by atoms with E-state index in [1.165, 1.54) is 17.7 Å². The Balaban J connectivity index is 1.29. The van der Waals surface area contributed by atoms with Crippen LogP contribution in [0.4, 0.5) is 10.1 Å². The summed E-state index contributed by atoms with van der Waals surface area (Å²) in [6.45, 7) is 0.359. The van der Waals surface area contributed by atoms with Gasteiger partial charge in [-0.05, 0) is 78.3 Å². The number of aryl methyl sites for hydroxylation is 2. The maximum atomic E-state index is 13.9. The lowest BCUT2D eigenvalue weighted by Crippen LogP contribution is -2.33. The highest BCUT2D eigenvalue weighted by Crippen LogP contribution is 2.49. The average Bonchev–Trinajstić information content (AvgIpc) is 3.50. The van der Waals surface area contributed by atoms with Crippen molar-refractivity contribution in [1.29, 1.82) is 0 Å². The zero-order valence-electron chi connectivity index (χ0n) is 21.5. The second kappa shape index (κ2) is 10.1. The molecular formula is C30H29FN4O3S. The van der Waals surface area contributed by atoms with Crippen molar-refractivity contribution in [2.75, 3.05) is 4.90 Å². The smallest absolute Gasteiger partial charge is 0.241 e. The first-order valence-electron chi connectivity index (χ1n) is 13.0. The Morgan fingerprint density at radius 2 is 1.87 bits per heavy atom. The van der Waals surface area contributed by atoms with E-state index in [-0.39, 0.29) is 22.6 Å². The van der Waals surface area contributed by atoms with E-state index in [1.807, 2.05) is 48.0 Å². The number of sulfonamides is 1. The summed E-state index contributed by atoms with van der Waals surface area (Å²) in [6.07, 6.45) is 5.60. The minimum Gasteiger partial charge on any atom is -0.336 e. The van der Waals surface area contributed by atoms with Crippen LogP contribution < -0.4 is 9.62 Å². The molecular weight excluding hydrogens is 515 g/mol. The molecule has 200 valence electrons. The Kier molecular flexibility index (Phi) is 6.56. The van der Waals surface area contributed by atoms with Crippen molar-refractivity contribution in [2.24, 2.45) is 13.0 Å². The third-order valence-electron chi connectivity index (χ3n) is 7.78. The van der Waals surface area contributed by atoms with Crippen LogP contribution in [0.15, 0.2) is 90.2 Å². The molecule has 1 aromatic heterocycles. The van der Waals surface area contributed by atoms with Crippen molar-refractivity contribution in [3.05, 3.63) is 114 Å². The third-order valence-corrected chi connectivity index (χ3v) is 9.27. The van der Waals surface area contributed by atoms with Crippen molar-refractivity contribution < 1.29 is 17.6 Å².